The normalized spacial score (nSPS) is 13.8. The molecule has 0 aromatic rings. The maximum atomic E-state index is 11.3. The topological polar surface area (TPSA) is 41.6 Å². The fourth-order valence-electron chi connectivity index (χ4n) is 1.59. The zero-order valence-electron chi connectivity index (χ0n) is 12.5. The summed E-state index contributed by atoms with van der Waals surface area (Å²) in [6.45, 7) is 9.04. The second kappa shape index (κ2) is 10.1. The number of hydrogen-bond acceptors (Lipinski definition) is 4. The lowest BCUT2D eigenvalue weighted by atomic mass is 10.2. The molecule has 0 saturated carbocycles. The number of carbonyl (C=O) groups excluding carboxylic acids is 1. The Kier molecular flexibility index (Phi) is 9.60. The van der Waals surface area contributed by atoms with Gasteiger partial charge in [-0.15, -0.1) is 0 Å². The van der Waals surface area contributed by atoms with Crippen molar-refractivity contribution in [2.24, 2.45) is 0 Å². The van der Waals surface area contributed by atoms with Crippen LogP contribution < -0.4 is 5.32 Å². The Morgan fingerprint density at radius 3 is 2.61 bits per heavy atom. The molecule has 1 N–H and O–H groups in total. The van der Waals surface area contributed by atoms with Crippen molar-refractivity contribution < 1.29 is 9.53 Å². The number of nitrogens with one attached hydrogen (secondary N) is 1. The average Bonchev–Trinajstić information content (AvgIpc) is 2.40. The lowest BCUT2D eigenvalue weighted by Gasteiger charge is -2.23. The molecule has 0 aromatic carbocycles. The summed E-state index contributed by atoms with van der Waals surface area (Å²) in [7, 11) is 3.55. The molecule has 106 valence electrons. The molecule has 0 aromatic heterocycles. The SMILES string of the molecule is CC/C(=C/CNCCN(C)C(C)CC)C(=O)OC. The number of nitrogens with zero attached hydrogens (tertiary/aromatic N) is 1. The Morgan fingerprint density at radius 1 is 1.44 bits per heavy atom. The zero-order valence-corrected chi connectivity index (χ0v) is 12.5. The smallest absolute Gasteiger partial charge is 0.333 e. The summed E-state index contributed by atoms with van der Waals surface area (Å²) in [5, 5.41) is 3.31. The molecule has 0 saturated heterocycles. The van der Waals surface area contributed by atoms with Crippen LogP contribution in [0.2, 0.25) is 0 Å². The summed E-state index contributed by atoms with van der Waals surface area (Å²) in [4.78, 5) is 13.6. The van der Waals surface area contributed by atoms with Gasteiger partial charge in [-0.25, -0.2) is 4.79 Å². The van der Waals surface area contributed by atoms with Crippen molar-refractivity contribution in [1.29, 1.82) is 0 Å². The molecule has 0 fully saturated rings. The van der Waals surface area contributed by atoms with E-state index in [0.717, 1.165) is 18.7 Å². The summed E-state index contributed by atoms with van der Waals surface area (Å²) in [5.41, 5.74) is 0.736. The van der Waals surface area contributed by atoms with Crippen molar-refractivity contribution in [2.45, 2.75) is 39.7 Å². The molecule has 4 nitrogen and oxygen atoms in total. The molecule has 0 aliphatic rings. The van der Waals surface area contributed by atoms with Crippen LogP contribution in [0.15, 0.2) is 11.6 Å². The lowest BCUT2D eigenvalue weighted by Crippen LogP contribution is -2.35. The molecule has 0 bridgehead atoms. The summed E-state index contributed by atoms with van der Waals surface area (Å²) in [6, 6.07) is 0.614. The van der Waals surface area contributed by atoms with E-state index in [1.807, 2.05) is 13.0 Å². The van der Waals surface area contributed by atoms with Gasteiger partial charge >= 0.3 is 5.97 Å². The highest BCUT2D eigenvalue weighted by Crippen LogP contribution is 2.02. The third-order valence-electron chi connectivity index (χ3n) is 3.31. The average molecular weight is 256 g/mol. The second-order valence-corrected chi connectivity index (χ2v) is 4.52. The maximum absolute atomic E-state index is 11.3. The highest BCUT2D eigenvalue weighted by molar-refractivity contribution is 5.88. The number of likely N-dealkylation sites (N-methyl/N-ethyl adjacent to an activating group) is 1. The fraction of sp³-hybridized carbons (Fsp3) is 0.786. The monoisotopic (exact) mass is 256 g/mol. The zero-order chi connectivity index (χ0) is 14.0. The summed E-state index contributed by atoms with van der Waals surface area (Å²) < 4.78 is 4.70. The van der Waals surface area contributed by atoms with E-state index in [-0.39, 0.29) is 5.97 Å². The largest absolute Gasteiger partial charge is 0.466 e. The maximum Gasteiger partial charge on any atom is 0.333 e. The quantitative estimate of drug-likeness (QED) is 0.388. The summed E-state index contributed by atoms with van der Waals surface area (Å²) >= 11 is 0. The molecule has 18 heavy (non-hydrogen) atoms. The van der Waals surface area contributed by atoms with Crippen LogP contribution in [-0.4, -0.2) is 50.7 Å². The van der Waals surface area contributed by atoms with Gasteiger partial charge in [-0.1, -0.05) is 19.9 Å². The number of carbonyl (C=O) groups is 1. The number of ether oxygens (including phenoxy) is 1. The molecule has 0 heterocycles. The predicted octanol–water partition coefficient (Wildman–Crippen LogP) is 1.82. The second-order valence-electron chi connectivity index (χ2n) is 4.52. The minimum atomic E-state index is -0.226. The molecular formula is C14H28N2O2. The molecule has 0 rings (SSSR count). The molecule has 0 aliphatic carbocycles. The van der Waals surface area contributed by atoms with Crippen molar-refractivity contribution in [1.82, 2.24) is 10.2 Å². The van der Waals surface area contributed by atoms with Gasteiger partial charge in [0.05, 0.1) is 7.11 Å². The van der Waals surface area contributed by atoms with Gasteiger partial charge in [0.25, 0.3) is 0 Å². The Morgan fingerprint density at radius 2 is 2.11 bits per heavy atom. The molecule has 1 atom stereocenters. The Hall–Kier alpha value is -0.870. The minimum Gasteiger partial charge on any atom is -0.466 e. The van der Waals surface area contributed by atoms with E-state index in [9.17, 15) is 4.79 Å². The van der Waals surface area contributed by atoms with Crippen LogP contribution in [0.3, 0.4) is 0 Å². The Balaban J connectivity index is 3.84. The van der Waals surface area contributed by atoms with E-state index in [2.05, 4.69) is 31.1 Å². The minimum absolute atomic E-state index is 0.226. The molecular weight excluding hydrogens is 228 g/mol. The van der Waals surface area contributed by atoms with E-state index >= 15 is 0 Å². The molecule has 1 unspecified atom stereocenters. The standard InChI is InChI=1S/C14H28N2O2/c1-6-12(3)16(4)11-10-15-9-8-13(7-2)14(17)18-5/h8,12,15H,6-7,9-11H2,1-5H3/b13-8-. The van der Waals surface area contributed by atoms with Crippen LogP contribution in [-0.2, 0) is 9.53 Å². The van der Waals surface area contributed by atoms with E-state index < -0.39 is 0 Å². The highest BCUT2D eigenvalue weighted by Gasteiger charge is 2.06. The van der Waals surface area contributed by atoms with Gasteiger partial charge in [-0.3, -0.25) is 0 Å². The van der Waals surface area contributed by atoms with Crippen molar-refractivity contribution in [3.8, 4) is 0 Å². The summed E-state index contributed by atoms with van der Waals surface area (Å²) in [6.07, 6.45) is 3.79. The molecule has 0 aliphatic heterocycles. The van der Waals surface area contributed by atoms with Crippen molar-refractivity contribution in [3.63, 3.8) is 0 Å². The highest BCUT2D eigenvalue weighted by atomic mass is 16.5. The number of hydrogen-bond donors (Lipinski definition) is 1. The molecule has 0 radical (unpaired) electrons. The van der Waals surface area contributed by atoms with Crippen LogP contribution in [0.25, 0.3) is 0 Å². The van der Waals surface area contributed by atoms with Gasteiger partial charge in [0.15, 0.2) is 0 Å². The molecule has 4 heteroatoms. The van der Waals surface area contributed by atoms with Crippen molar-refractivity contribution in [3.05, 3.63) is 11.6 Å². The first-order valence-electron chi connectivity index (χ1n) is 6.75. The van der Waals surface area contributed by atoms with Gasteiger partial charge in [0, 0.05) is 31.2 Å². The van der Waals surface area contributed by atoms with E-state index in [4.69, 9.17) is 4.74 Å². The van der Waals surface area contributed by atoms with Crippen LogP contribution in [0.1, 0.15) is 33.6 Å². The van der Waals surface area contributed by atoms with Crippen molar-refractivity contribution in [2.75, 3.05) is 33.8 Å². The Bertz CT molecular complexity index is 265. The van der Waals surface area contributed by atoms with Crippen molar-refractivity contribution >= 4 is 5.97 Å². The van der Waals surface area contributed by atoms with Crippen LogP contribution >= 0.6 is 0 Å². The number of rotatable bonds is 9. The van der Waals surface area contributed by atoms with Gasteiger partial charge in [0.1, 0.15) is 0 Å². The first-order valence-corrected chi connectivity index (χ1v) is 6.75. The number of esters is 1. The van der Waals surface area contributed by atoms with Crippen LogP contribution in [0.5, 0.6) is 0 Å². The summed E-state index contributed by atoms with van der Waals surface area (Å²) in [5.74, 6) is -0.226. The third kappa shape index (κ3) is 6.77. The third-order valence-corrected chi connectivity index (χ3v) is 3.31. The Labute approximate surface area is 111 Å². The van der Waals surface area contributed by atoms with Crippen LogP contribution in [0, 0.1) is 0 Å². The van der Waals surface area contributed by atoms with Gasteiger partial charge in [0.2, 0.25) is 0 Å². The fourth-order valence-corrected chi connectivity index (χ4v) is 1.59. The van der Waals surface area contributed by atoms with Gasteiger partial charge in [-0.2, -0.15) is 0 Å². The van der Waals surface area contributed by atoms with E-state index in [1.165, 1.54) is 13.5 Å². The van der Waals surface area contributed by atoms with Gasteiger partial charge in [-0.05, 0) is 26.8 Å². The predicted molar refractivity (Wildman–Crippen MR) is 75.6 cm³/mol. The molecule has 0 amide bonds. The van der Waals surface area contributed by atoms with E-state index in [0.29, 0.717) is 19.0 Å². The van der Waals surface area contributed by atoms with Gasteiger partial charge < -0.3 is 15.0 Å². The van der Waals surface area contributed by atoms with E-state index in [1.54, 1.807) is 0 Å². The number of methoxy groups -OCH3 is 1. The first kappa shape index (κ1) is 17.1. The first-order chi connectivity index (χ1) is 8.56. The van der Waals surface area contributed by atoms with Crippen LogP contribution in [0.4, 0.5) is 0 Å². The lowest BCUT2D eigenvalue weighted by molar-refractivity contribution is -0.136. The molecule has 0 spiro atoms.